The van der Waals surface area contributed by atoms with Gasteiger partial charge in [0.05, 0.1) is 0 Å². The third-order valence-electron chi connectivity index (χ3n) is 4.06. The second kappa shape index (κ2) is 8.98. The molecular formula is C19H30N2O5. The van der Waals surface area contributed by atoms with E-state index in [-0.39, 0.29) is 6.42 Å². The zero-order valence-corrected chi connectivity index (χ0v) is 16.3. The minimum Gasteiger partial charge on any atom is -0.444 e. The maximum atomic E-state index is 12.5. The minimum absolute atomic E-state index is 0.224. The number of rotatable bonds is 8. The van der Waals surface area contributed by atoms with Gasteiger partial charge in [0, 0.05) is 31.9 Å². The van der Waals surface area contributed by atoms with Crippen molar-refractivity contribution in [3.05, 3.63) is 46.0 Å². The van der Waals surface area contributed by atoms with E-state index in [0.29, 0.717) is 19.5 Å². The van der Waals surface area contributed by atoms with Gasteiger partial charge in [0.25, 0.3) is 0 Å². The Morgan fingerprint density at radius 1 is 1.23 bits per heavy atom. The van der Waals surface area contributed by atoms with Gasteiger partial charge in [-0.05, 0) is 39.2 Å². The number of amides is 1. The summed E-state index contributed by atoms with van der Waals surface area (Å²) in [5.74, 6) is 0. The molecule has 1 aromatic carbocycles. The van der Waals surface area contributed by atoms with Crippen LogP contribution in [-0.4, -0.2) is 44.8 Å². The molecule has 0 bridgehead atoms. The SMILES string of the molecule is CC(C)(C)OC(=O)N(CCC[C@@H](O)C(C)(C)[N+](=O)[O-])Cc1ccccc1. The summed E-state index contributed by atoms with van der Waals surface area (Å²) >= 11 is 0. The number of hydrogen-bond acceptors (Lipinski definition) is 5. The first-order valence-corrected chi connectivity index (χ1v) is 8.78. The van der Waals surface area contributed by atoms with Gasteiger partial charge in [0.2, 0.25) is 5.54 Å². The topological polar surface area (TPSA) is 92.9 Å². The molecule has 0 fully saturated rings. The zero-order chi connectivity index (χ0) is 20.0. The van der Waals surface area contributed by atoms with Crippen LogP contribution < -0.4 is 0 Å². The molecule has 1 atom stereocenters. The first-order valence-electron chi connectivity index (χ1n) is 8.78. The fourth-order valence-corrected chi connectivity index (χ4v) is 2.32. The zero-order valence-electron chi connectivity index (χ0n) is 16.3. The smallest absolute Gasteiger partial charge is 0.410 e. The highest BCUT2D eigenvalue weighted by Crippen LogP contribution is 2.19. The lowest BCUT2D eigenvalue weighted by Gasteiger charge is -2.28. The molecule has 0 aliphatic carbocycles. The Bertz CT molecular complexity index is 596. The summed E-state index contributed by atoms with van der Waals surface area (Å²) in [7, 11) is 0. The molecule has 7 nitrogen and oxygen atoms in total. The van der Waals surface area contributed by atoms with E-state index in [9.17, 15) is 20.0 Å². The number of carbonyl (C=O) groups excluding carboxylic acids is 1. The Morgan fingerprint density at radius 3 is 2.31 bits per heavy atom. The Kier molecular flexibility index (Phi) is 7.56. The average Bonchev–Trinajstić information content (AvgIpc) is 2.52. The van der Waals surface area contributed by atoms with E-state index in [4.69, 9.17) is 4.74 Å². The van der Waals surface area contributed by atoms with Crippen LogP contribution in [-0.2, 0) is 11.3 Å². The molecule has 1 N–H and O–H groups in total. The molecule has 0 heterocycles. The average molecular weight is 366 g/mol. The van der Waals surface area contributed by atoms with E-state index < -0.39 is 28.3 Å². The summed E-state index contributed by atoms with van der Waals surface area (Å²) in [6.07, 6.45) is -0.869. The predicted octanol–water partition coefficient (Wildman–Crippen LogP) is 3.62. The Labute approximate surface area is 155 Å². The number of benzene rings is 1. The van der Waals surface area contributed by atoms with E-state index >= 15 is 0 Å². The molecule has 7 heteroatoms. The normalized spacial score (nSPS) is 13.2. The van der Waals surface area contributed by atoms with E-state index in [1.54, 1.807) is 25.7 Å². The van der Waals surface area contributed by atoms with Crippen molar-refractivity contribution in [1.29, 1.82) is 0 Å². The summed E-state index contributed by atoms with van der Waals surface area (Å²) in [6.45, 7) is 8.92. The van der Waals surface area contributed by atoms with Crippen LogP contribution in [0.5, 0.6) is 0 Å². The molecule has 0 saturated heterocycles. The first-order chi connectivity index (χ1) is 11.9. The summed E-state index contributed by atoms with van der Waals surface area (Å²) in [6, 6.07) is 9.53. The van der Waals surface area contributed by atoms with E-state index in [0.717, 1.165) is 5.56 Å². The standard InChI is InChI=1S/C19H30N2O5/c1-18(2,3)26-17(23)20(14-15-10-7-6-8-11-15)13-9-12-16(22)19(4,5)21(24)25/h6-8,10-11,16,22H,9,12-14H2,1-5H3/t16-/m1/s1. The molecule has 0 unspecified atom stereocenters. The van der Waals surface area contributed by atoms with Crippen LogP contribution in [0.3, 0.4) is 0 Å². The largest absolute Gasteiger partial charge is 0.444 e. The van der Waals surface area contributed by atoms with Crippen molar-refractivity contribution in [2.75, 3.05) is 6.54 Å². The molecule has 0 aliphatic heterocycles. The molecule has 0 aliphatic rings. The number of carbonyl (C=O) groups is 1. The third kappa shape index (κ3) is 7.00. The van der Waals surface area contributed by atoms with E-state index in [1.807, 2.05) is 30.3 Å². The van der Waals surface area contributed by atoms with Crippen LogP contribution in [0.4, 0.5) is 4.79 Å². The van der Waals surface area contributed by atoms with Gasteiger partial charge in [-0.2, -0.15) is 0 Å². The number of hydrogen-bond donors (Lipinski definition) is 1. The molecule has 146 valence electrons. The number of nitrogens with zero attached hydrogens (tertiary/aromatic N) is 2. The van der Waals surface area contributed by atoms with Crippen molar-refractivity contribution in [3.8, 4) is 0 Å². The summed E-state index contributed by atoms with van der Waals surface area (Å²) < 4.78 is 5.45. The molecule has 26 heavy (non-hydrogen) atoms. The summed E-state index contributed by atoms with van der Waals surface area (Å²) in [5.41, 5.74) is -1.07. The lowest BCUT2D eigenvalue weighted by atomic mass is 9.94. The first kappa shape index (κ1) is 21.9. The summed E-state index contributed by atoms with van der Waals surface area (Å²) in [4.78, 5) is 24.6. The Hall–Kier alpha value is -2.15. The fourth-order valence-electron chi connectivity index (χ4n) is 2.32. The molecule has 1 aromatic rings. The van der Waals surface area contributed by atoms with Gasteiger partial charge in [-0.3, -0.25) is 10.1 Å². The van der Waals surface area contributed by atoms with Crippen LogP contribution in [0.1, 0.15) is 53.0 Å². The van der Waals surface area contributed by atoms with Crippen molar-refractivity contribution in [2.24, 2.45) is 0 Å². The van der Waals surface area contributed by atoms with Gasteiger partial charge < -0.3 is 14.7 Å². The fraction of sp³-hybridized carbons (Fsp3) is 0.632. The molecule has 0 aromatic heterocycles. The molecule has 0 saturated carbocycles. The van der Waals surface area contributed by atoms with Crippen LogP contribution >= 0.6 is 0 Å². The van der Waals surface area contributed by atoms with Gasteiger partial charge in [0.1, 0.15) is 11.7 Å². The molecular weight excluding hydrogens is 336 g/mol. The second-order valence-corrected chi connectivity index (χ2v) is 7.96. The second-order valence-electron chi connectivity index (χ2n) is 7.96. The van der Waals surface area contributed by atoms with Gasteiger partial charge in [0.15, 0.2) is 0 Å². The highest BCUT2D eigenvalue weighted by molar-refractivity contribution is 5.68. The van der Waals surface area contributed by atoms with E-state index in [1.165, 1.54) is 13.8 Å². The Morgan fingerprint density at radius 2 is 1.81 bits per heavy atom. The number of aliphatic hydroxyl groups is 1. The van der Waals surface area contributed by atoms with Crippen LogP contribution in [0.2, 0.25) is 0 Å². The van der Waals surface area contributed by atoms with Crippen molar-refractivity contribution >= 4 is 6.09 Å². The van der Waals surface area contributed by atoms with E-state index in [2.05, 4.69) is 0 Å². The Balaban J connectivity index is 2.73. The third-order valence-corrected chi connectivity index (χ3v) is 4.06. The maximum Gasteiger partial charge on any atom is 0.410 e. The van der Waals surface area contributed by atoms with Crippen molar-refractivity contribution in [2.45, 2.75) is 71.2 Å². The monoisotopic (exact) mass is 366 g/mol. The summed E-state index contributed by atoms with van der Waals surface area (Å²) in [5, 5.41) is 21.1. The molecule has 1 rings (SSSR count). The maximum absolute atomic E-state index is 12.5. The number of nitro groups is 1. The minimum atomic E-state index is -1.42. The quantitative estimate of drug-likeness (QED) is 0.560. The lowest BCUT2D eigenvalue weighted by molar-refractivity contribution is -0.573. The van der Waals surface area contributed by atoms with Crippen molar-refractivity contribution < 1.29 is 19.6 Å². The van der Waals surface area contributed by atoms with Crippen LogP contribution in [0.15, 0.2) is 30.3 Å². The highest BCUT2D eigenvalue weighted by Gasteiger charge is 2.39. The van der Waals surface area contributed by atoms with Crippen LogP contribution in [0.25, 0.3) is 0 Å². The highest BCUT2D eigenvalue weighted by atomic mass is 16.6. The number of ether oxygens (including phenoxy) is 1. The van der Waals surface area contributed by atoms with Gasteiger partial charge in [-0.1, -0.05) is 30.3 Å². The number of aliphatic hydroxyl groups excluding tert-OH is 1. The van der Waals surface area contributed by atoms with Gasteiger partial charge >= 0.3 is 6.09 Å². The van der Waals surface area contributed by atoms with Crippen molar-refractivity contribution in [1.82, 2.24) is 4.90 Å². The van der Waals surface area contributed by atoms with Gasteiger partial charge in [-0.15, -0.1) is 0 Å². The van der Waals surface area contributed by atoms with Gasteiger partial charge in [-0.25, -0.2) is 4.79 Å². The van der Waals surface area contributed by atoms with Crippen LogP contribution in [0, 0.1) is 10.1 Å². The predicted molar refractivity (Wildman–Crippen MR) is 99.4 cm³/mol. The lowest BCUT2D eigenvalue weighted by Crippen LogP contribution is -2.44. The molecule has 0 radical (unpaired) electrons. The van der Waals surface area contributed by atoms with Crippen molar-refractivity contribution in [3.63, 3.8) is 0 Å². The molecule has 0 spiro atoms. The molecule has 1 amide bonds.